The van der Waals surface area contributed by atoms with Crippen molar-refractivity contribution in [2.75, 3.05) is 26.4 Å². The molecule has 4 N–H and O–H groups in total. The van der Waals surface area contributed by atoms with Crippen molar-refractivity contribution in [1.29, 1.82) is 0 Å². The molecule has 0 aliphatic rings. The first-order valence-corrected chi connectivity index (χ1v) is 24.7. The van der Waals surface area contributed by atoms with Crippen molar-refractivity contribution in [2.45, 2.75) is 212 Å². The first-order chi connectivity index (χ1) is 28.2. The summed E-state index contributed by atoms with van der Waals surface area (Å²) < 4.78 is 32.7. The van der Waals surface area contributed by atoms with Gasteiger partial charge in [0.25, 0.3) is 0 Å². The van der Waals surface area contributed by atoms with Crippen LogP contribution in [-0.2, 0) is 32.7 Å². The fourth-order valence-electron chi connectivity index (χ4n) is 6.29. The van der Waals surface area contributed by atoms with Crippen LogP contribution in [0.15, 0.2) is 48.6 Å². The highest BCUT2D eigenvalue weighted by Gasteiger charge is 2.26. The molecule has 0 spiro atoms. The Morgan fingerprint density at radius 1 is 0.603 bits per heavy atom. The Hall–Kier alpha value is -2.07. The maximum Gasteiger partial charge on any atom is 0.472 e. The number of hydrogen-bond acceptors (Lipinski definition) is 9. The van der Waals surface area contributed by atoms with Crippen molar-refractivity contribution in [3.63, 3.8) is 0 Å². The molecule has 3 atom stereocenters. The number of carbonyl (C=O) groups is 2. The number of rotatable bonds is 43. The van der Waals surface area contributed by atoms with E-state index in [9.17, 15) is 24.2 Å². The number of nitrogens with two attached hydrogens (primary N) is 1. The Morgan fingerprint density at radius 3 is 1.66 bits per heavy atom. The second-order valence-electron chi connectivity index (χ2n) is 15.5. The summed E-state index contributed by atoms with van der Waals surface area (Å²) in [6, 6.07) is 0. The van der Waals surface area contributed by atoms with Gasteiger partial charge in [0.2, 0.25) is 0 Å². The highest BCUT2D eigenvalue weighted by Crippen LogP contribution is 2.43. The van der Waals surface area contributed by atoms with Crippen LogP contribution in [0.2, 0.25) is 0 Å². The third-order valence-corrected chi connectivity index (χ3v) is 10.8. The normalized spacial score (nSPS) is 14.2. The van der Waals surface area contributed by atoms with Crippen LogP contribution in [0, 0.1) is 0 Å². The molecule has 0 radical (unpaired) electrons. The predicted molar refractivity (Wildman–Crippen MR) is 239 cm³/mol. The Morgan fingerprint density at radius 2 is 1.10 bits per heavy atom. The van der Waals surface area contributed by atoms with Crippen molar-refractivity contribution in [3.05, 3.63) is 48.6 Å². The second-order valence-corrected chi connectivity index (χ2v) is 16.9. The Balaban J connectivity index is 4.28. The molecule has 0 rings (SSSR count). The molecule has 2 unspecified atom stereocenters. The molecule has 0 aliphatic heterocycles. The van der Waals surface area contributed by atoms with Crippen LogP contribution in [0.4, 0.5) is 0 Å². The largest absolute Gasteiger partial charge is 0.472 e. The standard InChI is InChI=1S/C47H86NO9P/c1-3-5-7-9-11-13-15-17-18-19-20-21-22-24-26-28-30-32-34-38-47(51)57-45(43-56-58(52,53)55-41-40-48)42-54-46(50)39-35-37-44(49)36-33-31-29-27-25-23-16-14-12-10-8-6-4-2/h17-18,23,25,29,31,33,36,44-45,49H,3-16,19-22,24,26-28,30,32,34-35,37-43,48H2,1-2H3,(H,52,53)/b18-17-,25-23+,31-29+,36-33+/t44?,45-/m1/s1. The van der Waals surface area contributed by atoms with E-state index in [0.29, 0.717) is 19.3 Å². The fourth-order valence-corrected chi connectivity index (χ4v) is 7.05. The summed E-state index contributed by atoms with van der Waals surface area (Å²) in [5.41, 5.74) is 5.34. The van der Waals surface area contributed by atoms with Crippen molar-refractivity contribution in [3.8, 4) is 0 Å². The van der Waals surface area contributed by atoms with E-state index in [1.165, 1.54) is 122 Å². The molecule has 0 aromatic carbocycles. The number of phosphoric acid groups is 1. The van der Waals surface area contributed by atoms with E-state index in [0.717, 1.165) is 32.1 Å². The molecule has 338 valence electrons. The monoisotopic (exact) mass is 840 g/mol. The quantitative estimate of drug-likeness (QED) is 0.0178. The number of allylic oxidation sites excluding steroid dienone is 7. The minimum Gasteiger partial charge on any atom is -0.462 e. The van der Waals surface area contributed by atoms with E-state index in [-0.39, 0.29) is 32.6 Å². The van der Waals surface area contributed by atoms with Crippen LogP contribution in [0.1, 0.15) is 200 Å². The molecule has 0 bridgehead atoms. The van der Waals surface area contributed by atoms with Gasteiger partial charge in [-0.2, -0.15) is 0 Å². The van der Waals surface area contributed by atoms with E-state index in [2.05, 4.69) is 38.2 Å². The van der Waals surface area contributed by atoms with E-state index in [1.54, 1.807) is 12.2 Å². The van der Waals surface area contributed by atoms with Gasteiger partial charge in [0.05, 0.1) is 19.3 Å². The third kappa shape index (κ3) is 42.1. The van der Waals surface area contributed by atoms with E-state index in [1.807, 2.05) is 12.2 Å². The van der Waals surface area contributed by atoms with Crippen LogP contribution in [0.5, 0.6) is 0 Å². The number of unbranched alkanes of at least 4 members (excludes halogenated alkanes) is 21. The molecule has 0 amide bonds. The third-order valence-electron chi connectivity index (χ3n) is 9.79. The summed E-state index contributed by atoms with van der Waals surface area (Å²) >= 11 is 0. The van der Waals surface area contributed by atoms with Crippen LogP contribution in [0.3, 0.4) is 0 Å². The summed E-state index contributed by atoms with van der Waals surface area (Å²) in [6.07, 6.45) is 46.0. The molecular weight excluding hydrogens is 753 g/mol. The van der Waals surface area contributed by atoms with Crippen molar-refractivity contribution in [2.24, 2.45) is 5.73 Å². The number of carbonyl (C=O) groups excluding carboxylic acids is 2. The van der Waals surface area contributed by atoms with Gasteiger partial charge in [0.1, 0.15) is 6.61 Å². The summed E-state index contributed by atoms with van der Waals surface area (Å²) in [5, 5.41) is 10.3. The van der Waals surface area contributed by atoms with Crippen molar-refractivity contribution >= 4 is 19.8 Å². The maximum absolute atomic E-state index is 12.6. The minimum atomic E-state index is -4.42. The van der Waals surface area contributed by atoms with Gasteiger partial charge in [-0.05, 0) is 64.2 Å². The first kappa shape index (κ1) is 55.9. The smallest absolute Gasteiger partial charge is 0.462 e. The van der Waals surface area contributed by atoms with E-state index in [4.69, 9.17) is 24.3 Å². The molecule has 58 heavy (non-hydrogen) atoms. The lowest BCUT2D eigenvalue weighted by Crippen LogP contribution is -2.29. The van der Waals surface area contributed by atoms with Crippen molar-refractivity contribution in [1.82, 2.24) is 0 Å². The van der Waals surface area contributed by atoms with Gasteiger partial charge in [0, 0.05) is 19.4 Å². The Labute approximate surface area is 354 Å². The Kier molecular flexibility index (Phi) is 41.5. The lowest BCUT2D eigenvalue weighted by Gasteiger charge is -2.20. The average molecular weight is 840 g/mol. The molecule has 0 heterocycles. The van der Waals surface area contributed by atoms with Gasteiger partial charge in [0.15, 0.2) is 6.10 Å². The number of phosphoric ester groups is 1. The first-order valence-electron chi connectivity index (χ1n) is 23.2. The van der Waals surface area contributed by atoms with Crippen LogP contribution < -0.4 is 5.73 Å². The molecule has 0 saturated carbocycles. The van der Waals surface area contributed by atoms with Gasteiger partial charge < -0.3 is 25.2 Å². The maximum atomic E-state index is 12.6. The van der Waals surface area contributed by atoms with Crippen LogP contribution in [0.25, 0.3) is 0 Å². The van der Waals surface area contributed by atoms with Gasteiger partial charge in [-0.1, -0.05) is 172 Å². The van der Waals surface area contributed by atoms with Gasteiger partial charge in [-0.15, -0.1) is 0 Å². The zero-order valence-corrected chi connectivity index (χ0v) is 37.8. The van der Waals surface area contributed by atoms with Crippen LogP contribution in [-0.4, -0.2) is 60.5 Å². The van der Waals surface area contributed by atoms with E-state index >= 15 is 0 Å². The van der Waals surface area contributed by atoms with Crippen LogP contribution >= 0.6 is 7.82 Å². The number of ether oxygens (including phenoxy) is 2. The predicted octanol–water partition coefficient (Wildman–Crippen LogP) is 12.5. The topological polar surface area (TPSA) is 155 Å². The molecule has 0 fully saturated rings. The van der Waals surface area contributed by atoms with Gasteiger partial charge in [-0.25, -0.2) is 4.57 Å². The zero-order chi connectivity index (χ0) is 42.6. The van der Waals surface area contributed by atoms with Gasteiger partial charge >= 0.3 is 19.8 Å². The summed E-state index contributed by atoms with van der Waals surface area (Å²) in [4.78, 5) is 34.9. The van der Waals surface area contributed by atoms with E-state index < -0.39 is 38.6 Å². The highest BCUT2D eigenvalue weighted by atomic mass is 31.2. The number of aliphatic hydroxyl groups is 1. The minimum absolute atomic E-state index is 0.0272. The zero-order valence-electron chi connectivity index (χ0n) is 36.9. The molecule has 11 heteroatoms. The highest BCUT2D eigenvalue weighted by molar-refractivity contribution is 7.47. The summed E-state index contributed by atoms with van der Waals surface area (Å²) in [7, 11) is -4.42. The average Bonchev–Trinajstić information content (AvgIpc) is 3.20. The molecule has 0 saturated heterocycles. The van der Waals surface area contributed by atoms with Crippen molar-refractivity contribution < 1.29 is 42.7 Å². The lowest BCUT2D eigenvalue weighted by molar-refractivity contribution is -0.161. The molecule has 0 aromatic heterocycles. The number of hydrogen-bond donors (Lipinski definition) is 3. The fraction of sp³-hybridized carbons (Fsp3) is 0.787. The summed E-state index contributed by atoms with van der Waals surface area (Å²) in [5.74, 6) is -1.03. The molecular formula is C47H86NO9P. The number of aliphatic hydroxyl groups excluding tert-OH is 1. The Bertz CT molecular complexity index is 1110. The molecule has 0 aromatic rings. The molecule has 10 nitrogen and oxygen atoms in total. The summed E-state index contributed by atoms with van der Waals surface area (Å²) in [6.45, 7) is 3.51. The lowest BCUT2D eigenvalue weighted by atomic mass is 10.1. The SMILES string of the molecule is CCCCCCCC/C=C\CCCCCCCCCCCC(=O)O[C@H](COC(=O)CCCC(O)/C=C/C=C/C/C=C/CCCCCCCC)COP(=O)(O)OCCN. The molecule has 0 aliphatic carbocycles. The van der Waals surface area contributed by atoms with Gasteiger partial charge in [-0.3, -0.25) is 18.6 Å². The second kappa shape index (κ2) is 43.0. The number of esters is 2.